The maximum Gasteiger partial charge on any atom is 0.400 e. The number of hydrogen-bond acceptors (Lipinski definition) is 3. The predicted octanol–water partition coefficient (Wildman–Crippen LogP) is 1.78. The fourth-order valence-electron chi connectivity index (χ4n) is 1.40. The molecular weight excluding hydrogens is 335 g/mol. The Labute approximate surface area is 123 Å². The first-order valence-electron chi connectivity index (χ1n) is 5.54. The molecule has 0 aliphatic carbocycles. The summed E-state index contributed by atoms with van der Waals surface area (Å²) in [6, 6.07) is 1.62. The van der Waals surface area contributed by atoms with E-state index in [-0.39, 0.29) is 6.41 Å². The van der Waals surface area contributed by atoms with Gasteiger partial charge in [-0.2, -0.15) is 13.2 Å². The zero-order valence-corrected chi connectivity index (χ0v) is 11.5. The van der Waals surface area contributed by atoms with E-state index in [1.807, 2.05) is 5.32 Å². The van der Waals surface area contributed by atoms with Crippen LogP contribution >= 0.6 is 0 Å². The molecule has 1 aromatic carbocycles. The lowest BCUT2D eigenvalue weighted by molar-refractivity contribution is -0.114. The Bertz CT molecular complexity index is 606. The van der Waals surface area contributed by atoms with Crippen LogP contribution in [0.2, 0.25) is 0 Å². The Morgan fingerprint density at radius 1 is 1.27 bits per heavy atom. The minimum absolute atomic E-state index is 0.111. The standard InChI is InChI=1S/C11H9F5N2O3S/c12-6-1-2-7(17-5-19)9(13)10(6)18-8(20)3-22(21)4-11(14,15)16/h1-2,5H,3-4H2,(H,17,19)(H,18,20). The van der Waals surface area contributed by atoms with Crippen molar-refractivity contribution in [1.29, 1.82) is 0 Å². The molecule has 0 fully saturated rings. The van der Waals surface area contributed by atoms with Crippen LogP contribution in [0, 0.1) is 11.6 Å². The van der Waals surface area contributed by atoms with Gasteiger partial charge in [0.05, 0.1) is 5.69 Å². The van der Waals surface area contributed by atoms with E-state index in [0.717, 1.165) is 12.1 Å². The third-order valence-electron chi connectivity index (χ3n) is 2.19. The molecule has 0 radical (unpaired) electrons. The number of nitrogens with one attached hydrogen (secondary N) is 2. The summed E-state index contributed by atoms with van der Waals surface area (Å²) in [4.78, 5) is 21.6. The zero-order chi connectivity index (χ0) is 16.9. The molecule has 2 amide bonds. The van der Waals surface area contributed by atoms with Crippen molar-refractivity contribution in [3.8, 4) is 0 Å². The van der Waals surface area contributed by atoms with E-state index in [1.54, 1.807) is 5.32 Å². The van der Waals surface area contributed by atoms with E-state index < -0.39 is 57.4 Å². The highest BCUT2D eigenvalue weighted by molar-refractivity contribution is 7.85. The molecule has 1 rings (SSSR count). The van der Waals surface area contributed by atoms with Crippen molar-refractivity contribution in [1.82, 2.24) is 0 Å². The monoisotopic (exact) mass is 344 g/mol. The number of carbonyl (C=O) groups excluding carboxylic acids is 2. The van der Waals surface area contributed by atoms with Crippen molar-refractivity contribution in [3.63, 3.8) is 0 Å². The highest BCUT2D eigenvalue weighted by Crippen LogP contribution is 2.25. The molecule has 2 N–H and O–H groups in total. The summed E-state index contributed by atoms with van der Waals surface area (Å²) in [5.41, 5.74) is -1.40. The normalized spacial score (nSPS) is 12.6. The topological polar surface area (TPSA) is 75.3 Å². The molecule has 0 bridgehead atoms. The molecule has 0 saturated heterocycles. The molecule has 22 heavy (non-hydrogen) atoms. The predicted molar refractivity (Wildman–Crippen MR) is 68.6 cm³/mol. The van der Waals surface area contributed by atoms with Gasteiger partial charge in [0.15, 0.2) is 5.82 Å². The molecule has 0 heterocycles. The van der Waals surface area contributed by atoms with E-state index in [1.165, 1.54) is 0 Å². The van der Waals surface area contributed by atoms with Crippen LogP contribution < -0.4 is 10.6 Å². The summed E-state index contributed by atoms with van der Waals surface area (Å²) < 4.78 is 74.1. The Kier molecular flexibility index (Phi) is 5.97. The number of halogens is 5. The first-order chi connectivity index (χ1) is 10.1. The summed E-state index contributed by atoms with van der Waals surface area (Å²) in [5.74, 6) is -6.57. The number of anilines is 2. The van der Waals surface area contributed by atoms with Crippen molar-refractivity contribution >= 4 is 34.5 Å². The first kappa shape index (κ1) is 18.0. The fraction of sp³-hybridized carbons (Fsp3) is 0.273. The number of alkyl halides is 3. The summed E-state index contributed by atoms with van der Waals surface area (Å²) >= 11 is 0. The van der Waals surface area contributed by atoms with Gasteiger partial charge in [0.25, 0.3) is 0 Å². The van der Waals surface area contributed by atoms with Gasteiger partial charge in [0, 0.05) is 10.8 Å². The number of rotatable bonds is 6. The SMILES string of the molecule is O=CNc1ccc(F)c(NC(=O)CS(=O)CC(F)(F)F)c1F. The smallest absolute Gasteiger partial charge is 0.326 e. The Hall–Kier alpha value is -2.04. The second-order valence-electron chi connectivity index (χ2n) is 3.94. The lowest BCUT2D eigenvalue weighted by Crippen LogP contribution is -2.27. The minimum Gasteiger partial charge on any atom is -0.326 e. The molecule has 5 nitrogen and oxygen atoms in total. The number of benzene rings is 1. The Balaban J connectivity index is 2.82. The molecule has 1 unspecified atom stereocenters. The largest absolute Gasteiger partial charge is 0.400 e. The lowest BCUT2D eigenvalue weighted by atomic mass is 10.2. The van der Waals surface area contributed by atoms with E-state index >= 15 is 0 Å². The van der Waals surface area contributed by atoms with Crippen molar-refractivity contribution < 1.29 is 35.8 Å². The molecule has 1 atom stereocenters. The lowest BCUT2D eigenvalue weighted by Gasteiger charge is -2.11. The average Bonchev–Trinajstić information content (AvgIpc) is 2.35. The van der Waals surface area contributed by atoms with E-state index in [9.17, 15) is 35.8 Å². The van der Waals surface area contributed by atoms with Crippen LogP contribution in [0.15, 0.2) is 12.1 Å². The summed E-state index contributed by atoms with van der Waals surface area (Å²) in [6.45, 7) is 0. The van der Waals surface area contributed by atoms with Crippen LogP contribution in [0.3, 0.4) is 0 Å². The van der Waals surface area contributed by atoms with Crippen molar-refractivity contribution in [2.75, 3.05) is 22.1 Å². The average molecular weight is 344 g/mol. The molecular formula is C11H9F5N2O3S. The quantitative estimate of drug-likeness (QED) is 0.610. The summed E-state index contributed by atoms with van der Waals surface area (Å²) in [6.07, 6.45) is -4.62. The van der Waals surface area contributed by atoms with Crippen LogP contribution in [0.4, 0.5) is 33.3 Å². The van der Waals surface area contributed by atoms with Crippen LogP contribution in [0.1, 0.15) is 0 Å². The number of carbonyl (C=O) groups is 2. The second kappa shape index (κ2) is 7.29. The highest BCUT2D eigenvalue weighted by Gasteiger charge is 2.31. The van der Waals surface area contributed by atoms with Crippen molar-refractivity contribution in [3.05, 3.63) is 23.8 Å². The second-order valence-corrected chi connectivity index (χ2v) is 5.39. The van der Waals surface area contributed by atoms with Gasteiger partial charge in [-0.1, -0.05) is 0 Å². The number of hydrogen-bond donors (Lipinski definition) is 2. The van der Waals surface area contributed by atoms with E-state index in [4.69, 9.17) is 0 Å². The molecule has 11 heteroatoms. The Morgan fingerprint density at radius 2 is 1.91 bits per heavy atom. The van der Waals surface area contributed by atoms with Crippen LogP contribution in [0.5, 0.6) is 0 Å². The van der Waals surface area contributed by atoms with Crippen LogP contribution in [-0.2, 0) is 20.4 Å². The van der Waals surface area contributed by atoms with Crippen LogP contribution in [0.25, 0.3) is 0 Å². The molecule has 1 aromatic rings. The number of amides is 2. The molecule has 0 aliphatic rings. The molecule has 0 aliphatic heterocycles. The maximum atomic E-state index is 13.8. The van der Waals surface area contributed by atoms with Crippen LogP contribution in [-0.4, -0.2) is 34.2 Å². The van der Waals surface area contributed by atoms with Gasteiger partial charge >= 0.3 is 6.18 Å². The third kappa shape index (κ3) is 5.39. The molecule has 122 valence electrons. The minimum atomic E-state index is -4.73. The van der Waals surface area contributed by atoms with E-state index in [2.05, 4.69) is 0 Å². The van der Waals surface area contributed by atoms with Gasteiger partial charge in [-0.05, 0) is 12.1 Å². The third-order valence-corrected chi connectivity index (χ3v) is 3.42. The van der Waals surface area contributed by atoms with E-state index in [0.29, 0.717) is 0 Å². The Morgan fingerprint density at radius 3 is 2.45 bits per heavy atom. The van der Waals surface area contributed by atoms with Crippen molar-refractivity contribution in [2.45, 2.75) is 6.18 Å². The van der Waals surface area contributed by atoms with Gasteiger partial charge in [-0.25, -0.2) is 8.78 Å². The molecule has 0 aromatic heterocycles. The van der Waals surface area contributed by atoms with Gasteiger partial charge in [0.1, 0.15) is 23.0 Å². The first-order valence-corrected chi connectivity index (χ1v) is 7.02. The zero-order valence-electron chi connectivity index (χ0n) is 10.7. The summed E-state index contributed by atoms with van der Waals surface area (Å²) in [5, 5.41) is 3.59. The van der Waals surface area contributed by atoms with Gasteiger partial charge in [-0.15, -0.1) is 0 Å². The maximum absolute atomic E-state index is 13.8. The van der Waals surface area contributed by atoms with Gasteiger partial charge in [0.2, 0.25) is 12.3 Å². The summed E-state index contributed by atoms with van der Waals surface area (Å²) in [7, 11) is -2.57. The van der Waals surface area contributed by atoms with Gasteiger partial charge < -0.3 is 10.6 Å². The molecule has 0 spiro atoms. The highest BCUT2D eigenvalue weighted by atomic mass is 32.2. The molecule has 0 saturated carbocycles. The van der Waals surface area contributed by atoms with Gasteiger partial charge in [-0.3, -0.25) is 13.8 Å². The van der Waals surface area contributed by atoms with Crippen molar-refractivity contribution in [2.24, 2.45) is 0 Å². The fourth-order valence-corrected chi connectivity index (χ4v) is 2.23.